The second-order valence-corrected chi connectivity index (χ2v) is 8.73. The van der Waals surface area contributed by atoms with Gasteiger partial charge in [0.2, 0.25) is 0 Å². The molecular weight excluding hydrogens is 420 g/mol. The highest BCUT2D eigenvalue weighted by Gasteiger charge is 2.54. The summed E-state index contributed by atoms with van der Waals surface area (Å²) >= 11 is 0. The largest absolute Gasteiger partial charge is 0.479 e. The summed E-state index contributed by atoms with van der Waals surface area (Å²) in [5.41, 5.74) is 9.59. The Balaban J connectivity index is 1.92. The van der Waals surface area contributed by atoms with Gasteiger partial charge in [-0.25, -0.2) is 4.98 Å². The maximum Gasteiger partial charge on any atom is 0.199 e. The zero-order valence-electron chi connectivity index (χ0n) is 19.7. The van der Waals surface area contributed by atoms with Crippen molar-refractivity contribution in [2.45, 2.75) is 51.4 Å². The molecule has 3 aromatic rings. The van der Waals surface area contributed by atoms with Crippen LogP contribution in [0.3, 0.4) is 0 Å². The summed E-state index contributed by atoms with van der Waals surface area (Å²) < 4.78 is 17.4. The molecule has 3 atom stereocenters. The van der Waals surface area contributed by atoms with Gasteiger partial charge < -0.3 is 34.9 Å². The van der Waals surface area contributed by atoms with Crippen LogP contribution in [0.1, 0.15) is 35.5 Å². The maximum absolute atomic E-state index is 11.9. The first kappa shape index (κ1) is 23.1. The van der Waals surface area contributed by atoms with Crippen LogP contribution in [-0.4, -0.2) is 47.3 Å². The van der Waals surface area contributed by atoms with Crippen molar-refractivity contribution < 1.29 is 19.3 Å². The number of nitrogens with zero attached hydrogens (tertiary/aromatic N) is 2. The molecule has 1 aliphatic rings. The van der Waals surface area contributed by atoms with Gasteiger partial charge >= 0.3 is 0 Å². The lowest BCUT2D eigenvalue weighted by Crippen LogP contribution is -2.62. The first-order valence-electron chi connectivity index (χ1n) is 10.9. The molecule has 4 rings (SSSR count). The topological polar surface area (TPSA) is 106 Å². The number of nitrogen functional groups attached to an aromatic ring is 1. The number of nitrogens with two attached hydrogens (primary N) is 1. The minimum Gasteiger partial charge on any atom is -0.479 e. The molecule has 1 aliphatic heterocycles. The number of imidazole rings is 1. The van der Waals surface area contributed by atoms with E-state index in [0.29, 0.717) is 18.0 Å². The molecule has 0 radical (unpaired) electrons. The smallest absolute Gasteiger partial charge is 0.199 e. The molecule has 0 aliphatic carbocycles. The summed E-state index contributed by atoms with van der Waals surface area (Å²) in [6, 6.07) is 11.2. The number of benzene rings is 2. The summed E-state index contributed by atoms with van der Waals surface area (Å²) in [6.45, 7) is 6.36. The van der Waals surface area contributed by atoms with Gasteiger partial charge in [0.05, 0.1) is 12.6 Å². The Morgan fingerprint density at radius 3 is 2.61 bits per heavy atom. The third-order valence-electron chi connectivity index (χ3n) is 6.34. The molecule has 0 saturated carbocycles. The van der Waals surface area contributed by atoms with Crippen LogP contribution in [0.5, 0.6) is 5.75 Å². The summed E-state index contributed by atoms with van der Waals surface area (Å²) in [7, 11) is 3.07. The number of aliphatic hydroxyl groups excluding tert-OH is 1. The molecule has 0 spiro atoms. The Labute approximate surface area is 194 Å². The van der Waals surface area contributed by atoms with Gasteiger partial charge in [-0.15, -0.1) is 0 Å². The third kappa shape index (κ3) is 4.17. The number of aliphatic hydroxyl groups is 1. The highest BCUT2D eigenvalue weighted by Crippen LogP contribution is 2.47. The second-order valence-electron chi connectivity index (χ2n) is 8.73. The van der Waals surface area contributed by atoms with Gasteiger partial charge in [-0.1, -0.05) is 17.7 Å². The number of methoxy groups -OCH3 is 2. The highest BCUT2D eigenvalue weighted by atomic mass is 16.7. The number of anilines is 2. The maximum atomic E-state index is 11.9. The number of H-pyrrole nitrogens is 1. The molecule has 4 N–H and O–H groups in total. The lowest BCUT2D eigenvalue weighted by atomic mass is 9.83. The van der Waals surface area contributed by atoms with Crippen molar-refractivity contribution in [3.05, 3.63) is 71.3 Å². The number of fused-ring (bicyclic) bond motifs is 1. The van der Waals surface area contributed by atoms with E-state index in [0.717, 1.165) is 28.2 Å². The van der Waals surface area contributed by atoms with Crippen molar-refractivity contribution in [3.8, 4) is 5.75 Å². The zero-order valence-corrected chi connectivity index (χ0v) is 19.7. The minimum atomic E-state index is -1.18. The molecule has 2 aromatic carbocycles. The fourth-order valence-corrected chi connectivity index (χ4v) is 4.77. The van der Waals surface area contributed by atoms with Crippen LogP contribution >= 0.6 is 0 Å². The number of aryl methyl sites for hydroxylation is 2. The molecule has 8 nitrogen and oxygen atoms in total. The molecule has 0 saturated heterocycles. The second kappa shape index (κ2) is 9.05. The van der Waals surface area contributed by atoms with E-state index < -0.39 is 24.0 Å². The van der Waals surface area contributed by atoms with Gasteiger partial charge in [-0.05, 0) is 50.6 Å². The predicted octanol–water partition coefficient (Wildman–Crippen LogP) is 3.49. The molecule has 0 amide bonds. The van der Waals surface area contributed by atoms with Gasteiger partial charge in [-0.3, -0.25) is 0 Å². The first-order chi connectivity index (χ1) is 15.8. The standard InChI is InChI=1S/C25H32N4O4/c1-15-6-8-19(16(2)12-15)29(14-21-27-10-11-28-21)22-18-13-17(26)7-9-20(18)33-25(3,23(22)30)24(31-4)32-5/h6-13,22-24,30H,14,26H2,1-5H3,(H,27,28)/t22-,23+,25+/m1/s1. The van der Waals surface area contributed by atoms with Gasteiger partial charge in [0.15, 0.2) is 11.9 Å². The summed E-state index contributed by atoms with van der Waals surface area (Å²) in [5.74, 6) is 1.39. The molecule has 0 unspecified atom stereocenters. The average molecular weight is 453 g/mol. The Hall–Kier alpha value is -3.07. The molecule has 2 heterocycles. The van der Waals surface area contributed by atoms with E-state index in [2.05, 4.69) is 46.9 Å². The van der Waals surface area contributed by atoms with Crippen LogP contribution in [0.2, 0.25) is 0 Å². The molecular formula is C25H32N4O4. The predicted molar refractivity (Wildman–Crippen MR) is 127 cm³/mol. The minimum absolute atomic E-state index is 0.438. The molecule has 33 heavy (non-hydrogen) atoms. The number of aromatic amines is 1. The first-order valence-corrected chi connectivity index (χ1v) is 10.9. The molecule has 1 aromatic heterocycles. The quantitative estimate of drug-likeness (QED) is 0.372. The monoisotopic (exact) mass is 452 g/mol. The van der Waals surface area contributed by atoms with Crippen molar-refractivity contribution in [2.75, 3.05) is 24.9 Å². The van der Waals surface area contributed by atoms with Crippen LogP contribution < -0.4 is 15.4 Å². The van der Waals surface area contributed by atoms with Crippen molar-refractivity contribution in [2.24, 2.45) is 0 Å². The van der Waals surface area contributed by atoms with Crippen molar-refractivity contribution in [3.63, 3.8) is 0 Å². The SMILES string of the molecule is COC(OC)[C@@]1(C)Oc2ccc(N)cc2[C@@H](N(Cc2ncc[nH]2)c2ccc(C)cc2C)[C@@H]1O. The zero-order chi connectivity index (χ0) is 23.8. The normalized spacial score (nSPS) is 22.2. The van der Waals surface area contributed by atoms with E-state index in [1.54, 1.807) is 25.4 Å². The van der Waals surface area contributed by atoms with Crippen molar-refractivity contribution in [1.29, 1.82) is 0 Å². The van der Waals surface area contributed by atoms with Crippen LogP contribution in [-0.2, 0) is 16.0 Å². The molecule has 0 bridgehead atoms. The Morgan fingerprint density at radius 1 is 1.21 bits per heavy atom. The van der Waals surface area contributed by atoms with E-state index in [9.17, 15) is 5.11 Å². The average Bonchev–Trinajstić information content (AvgIpc) is 3.28. The van der Waals surface area contributed by atoms with Gasteiger partial charge in [0, 0.05) is 43.6 Å². The summed E-state index contributed by atoms with van der Waals surface area (Å²) in [4.78, 5) is 9.76. The molecule has 8 heteroatoms. The summed E-state index contributed by atoms with van der Waals surface area (Å²) in [5, 5.41) is 11.9. The fourth-order valence-electron chi connectivity index (χ4n) is 4.77. The number of ether oxygens (including phenoxy) is 3. The molecule has 176 valence electrons. The lowest BCUT2D eigenvalue weighted by Gasteiger charge is -2.50. The fraction of sp³-hybridized carbons (Fsp3) is 0.400. The Bertz CT molecular complexity index is 1100. The Kier molecular flexibility index (Phi) is 6.34. The van der Waals surface area contributed by atoms with E-state index in [4.69, 9.17) is 19.9 Å². The van der Waals surface area contributed by atoms with Gasteiger partial charge in [0.25, 0.3) is 0 Å². The van der Waals surface area contributed by atoms with Crippen LogP contribution in [0.15, 0.2) is 48.8 Å². The van der Waals surface area contributed by atoms with Gasteiger partial charge in [0.1, 0.15) is 17.7 Å². The molecule has 0 fully saturated rings. The number of aromatic nitrogens is 2. The van der Waals surface area contributed by atoms with Crippen molar-refractivity contribution in [1.82, 2.24) is 9.97 Å². The van der Waals surface area contributed by atoms with Gasteiger partial charge in [-0.2, -0.15) is 0 Å². The lowest BCUT2D eigenvalue weighted by molar-refractivity contribution is -0.237. The Morgan fingerprint density at radius 2 is 1.97 bits per heavy atom. The van der Waals surface area contributed by atoms with E-state index >= 15 is 0 Å². The van der Waals surface area contributed by atoms with Crippen molar-refractivity contribution >= 4 is 11.4 Å². The number of hydrogen-bond acceptors (Lipinski definition) is 7. The highest BCUT2D eigenvalue weighted by molar-refractivity contribution is 5.60. The van der Waals surface area contributed by atoms with Crippen LogP contribution in [0, 0.1) is 13.8 Å². The van der Waals surface area contributed by atoms with Crippen LogP contribution in [0.4, 0.5) is 11.4 Å². The number of hydrogen-bond donors (Lipinski definition) is 3. The number of rotatable bonds is 7. The van der Waals surface area contributed by atoms with E-state index in [1.165, 1.54) is 14.2 Å². The summed E-state index contributed by atoms with van der Waals surface area (Å²) in [6.07, 6.45) is 1.69. The van der Waals surface area contributed by atoms with E-state index in [1.807, 2.05) is 12.1 Å². The van der Waals surface area contributed by atoms with E-state index in [-0.39, 0.29) is 0 Å². The third-order valence-corrected chi connectivity index (χ3v) is 6.34. The van der Waals surface area contributed by atoms with Crippen LogP contribution in [0.25, 0.3) is 0 Å². The number of nitrogens with one attached hydrogen (secondary N) is 1.